The van der Waals surface area contributed by atoms with Crippen molar-refractivity contribution < 1.29 is 4.79 Å². The highest BCUT2D eigenvalue weighted by Gasteiger charge is 2.12. The zero-order valence-electron chi connectivity index (χ0n) is 11.7. The molecule has 0 saturated carbocycles. The van der Waals surface area contributed by atoms with Crippen LogP contribution in [0.15, 0.2) is 30.6 Å². The van der Waals surface area contributed by atoms with Crippen molar-refractivity contribution in [2.45, 2.75) is 32.9 Å². The fourth-order valence-electron chi connectivity index (χ4n) is 1.87. The molecule has 0 spiro atoms. The van der Waals surface area contributed by atoms with Crippen molar-refractivity contribution >= 4 is 11.6 Å². The summed E-state index contributed by atoms with van der Waals surface area (Å²) in [5, 5.41) is 10.8. The maximum atomic E-state index is 11.8. The van der Waals surface area contributed by atoms with Crippen LogP contribution < -0.4 is 11.1 Å². The van der Waals surface area contributed by atoms with Gasteiger partial charge in [-0.1, -0.05) is 19.1 Å². The Morgan fingerprint density at radius 3 is 2.95 bits per heavy atom. The number of nitrogens with one attached hydrogen (secondary N) is 1. The molecule has 0 aliphatic heterocycles. The second-order valence-corrected chi connectivity index (χ2v) is 4.53. The van der Waals surface area contributed by atoms with Gasteiger partial charge in [-0.3, -0.25) is 4.79 Å². The lowest BCUT2D eigenvalue weighted by Crippen LogP contribution is -2.34. The van der Waals surface area contributed by atoms with Crippen LogP contribution in [-0.4, -0.2) is 26.7 Å². The van der Waals surface area contributed by atoms with Crippen molar-refractivity contribution in [3.8, 4) is 11.4 Å². The smallest absolute Gasteiger partial charge is 0.241 e. The molecule has 0 saturated heterocycles. The molecule has 20 heavy (non-hydrogen) atoms. The molecule has 0 aliphatic carbocycles. The molecule has 0 radical (unpaired) electrons. The van der Waals surface area contributed by atoms with Gasteiger partial charge in [0.25, 0.3) is 0 Å². The number of aromatic nitrogens is 3. The molecular formula is C14H19N5O. The van der Waals surface area contributed by atoms with Crippen LogP contribution in [0.4, 0.5) is 5.69 Å². The first-order valence-electron chi connectivity index (χ1n) is 6.70. The molecule has 2 aromatic rings. The van der Waals surface area contributed by atoms with Gasteiger partial charge in [0.1, 0.15) is 6.33 Å². The third kappa shape index (κ3) is 3.03. The second-order valence-electron chi connectivity index (χ2n) is 4.53. The molecule has 6 nitrogen and oxygen atoms in total. The Balaban J connectivity index is 2.22. The Bertz CT molecular complexity index is 593. The van der Waals surface area contributed by atoms with Crippen LogP contribution >= 0.6 is 0 Å². The lowest BCUT2D eigenvalue weighted by atomic mass is 10.1. The number of carbonyl (C=O) groups excluding carboxylic acids is 1. The first-order chi connectivity index (χ1) is 9.65. The van der Waals surface area contributed by atoms with Crippen LogP contribution in [0.3, 0.4) is 0 Å². The molecule has 6 heteroatoms. The zero-order valence-corrected chi connectivity index (χ0v) is 11.7. The zero-order chi connectivity index (χ0) is 14.5. The predicted octanol–water partition coefficient (Wildman–Crippen LogP) is 1.64. The lowest BCUT2D eigenvalue weighted by molar-refractivity contribution is -0.117. The van der Waals surface area contributed by atoms with Gasteiger partial charge in [0.15, 0.2) is 5.82 Å². The number of aryl methyl sites for hydroxylation is 1. The summed E-state index contributed by atoms with van der Waals surface area (Å²) in [4.78, 5) is 11.8. The van der Waals surface area contributed by atoms with Crippen LogP contribution in [0.5, 0.6) is 0 Å². The average Bonchev–Trinajstić information content (AvgIpc) is 2.95. The van der Waals surface area contributed by atoms with Crippen molar-refractivity contribution in [2.75, 3.05) is 5.32 Å². The van der Waals surface area contributed by atoms with E-state index in [9.17, 15) is 4.79 Å². The average molecular weight is 273 g/mol. The van der Waals surface area contributed by atoms with Crippen molar-refractivity contribution in [1.82, 2.24) is 14.8 Å². The predicted molar refractivity (Wildman–Crippen MR) is 78.0 cm³/mol. The van der Waals surface area contributed by atoms with Crippen molar-refractivity contribution in [2.24, 2.45) is 5.73 Å². The van der Waals surface area contributed by atoms with Crippen molar-refractivity contribution in [3.63, 3.8) is 0 Å². The standard InChI is InChI=1S/C14H19N5O/c1-3-12(15)14(20)17-11-7-5-6-10(8-11)13-18-16-9-19(13)4-2/h5-9,12H,3-4,15H2,1-2H3,(H,17,20)/t12-/m0/s1. The minimum atomic E-state index is -0.488. The SMILES string of the molecule is CC[C@H](N)C(=O)Nc1cccc(-c2nncn2CC)c1. The summed E-state index contributed by atoms with van der Waals surface area (Å²) in [6.45, 7) is 4.70. The highest BCUT2D eigenvalue weighted by atomic mass is 16.2. The third-order valence-electron chi connectivity index (χ3n) is 3.12. The van der Waals surface area contributed by atoms with E-state index in [1.54, 1.807) is 6.33 Å². The van der Waals surface area contributed by atoms with Gasteiger partial charge in [-0.2, -0.15) is 0 Å². The van der Waals surface area contributed by atoms with E-state index in [1.807, 2.05) is 42.7 Å². The lowest BCUT2D eigenvalue weighted by Gasteiger charge is -2.11. The summed E-state index contributed by atoms with van der Waals surface area (Å²) in [6, 6.07) is 7.02. The molecule has 1 amide bonds. The van der Waals surface area contributed by atoms with Gasteiger partial charge >= 0.3 is 0 Å². The maximum absolute atomic E-state index is 11.8. The molecule has 3 N–H and O–H groups in total. The fourth-order valence-corrected chi connectivity index (χ4v) is 1.87. The molecule has 0 bridgehead atoms. The number of amides is 1. The molecule has 106 valence electrons. The minimum Gasteiger partial charge on any atom is -0.325 e. The summed E-state index contributed by atoms with van der Waals surface area (Å²) in [6.07, 6.45) is 2.29. The topological polar surface area (TPSA) is 85.8 Å². The van der Waals surface area contributed by atoms with Crippen LogP contribution in [0.25, 0.3) is 11.4 Å². The van der Waals surface area contributed by atoms with E-state index in [1.165, 1.54) is 0 Å². The quantitative estimate of drug-likeness (QED) is 0.867. The van der Waals surface area contributed by atoms with E-state index in [4.69, 9.17) is 5.73 Å². The summed E-state index contributed by atoms with van der Waals surface area (Å²) in [5.74, 6) is 0.602. The molecular weight excluding hydrogens is 254 g/mol. The summed E-state index contributed by atoms with van der Waals surface area (Å²) in [7, 11) is 0. The van der Waals surface area contributed by atoms with Gasteiger partial charge in [0.2, 0.25) is 5.91 Å². The van der Waals surface area contributed by atoms with Gasteiger partial charge in [0.05, 0.1) is 6.04 Å². The Morgan fingerprint density at radius 1 is 1.45 bits per heavy atom. The fraction of sp³-hybridized carbons (Fsp3) is 0.357. The number of anilines is 1. The monoisotopic (exact) mass is 273 g/mol. The van der Waals surface area contributed by atoms with Gasteiger partial charge in [-0.25, -0.2) is 0 Å². The van der Waals surface area contributed by atoms with Gasteiger partial charge in [-0.15, -0.1) is 10.2 Å². The maximum Gasteiger partial charge on any atom is 0.241 e. The molecule has 1 atom stereocenters. The Labute approximate surface area is 118 Å². The number of carbonyl (C=O) groups is 1. The van der Waals surface area contributed by atoms with E-state index in [0.717, 1.165) is 17.9 Å². The van der Waals surface area contributed by atoms with Crippen LogP contribution in [-0.2, 0) is 11.3 Å². The number of nitrogens with two attached hydrogens (primary N) is 1. The molecule has 1 aromatic heterocycles. The Hall–Kier alpha value is -2.21. The largest absolute Gasteiger partial charge is 0.325 e. The van der Waals surface area contributed by atoms with Crippen LogP contribution in [0, 0.1) is 0 Å². The van der Waals surface area contributed by atoms with E-state index < -0.39 is 6.04 Å². The van der Waals surface area contributed by atoms with Gasteiger partial charge < -0.3 is 15.6 Å². The number of rotatable bonds is 5. The van der Waals surface area contributed by atoms with Crippen molar-refractivity contribution in [1.29, 1.82) is 0 Å². The third-order valence-corrected chi connectivity index (χ3v) is 3.12. The molecule has 0 fully saturated rings. The Morgan fingerprint density at radius 2 is 2.25 bits per heavy atom. The molecule has 1 aromatic carbocycles. The molecule has 1 heterocycles. The first kappa shape index (κ1) is 14.2. The number of hydrogen-bond acceptors (Lipinski definition) is 4. The number of nitrogens with zero attached hydrogens (tertiary/aromatic N) is 3. The summed E-state index contributed by atoms with van der Waals surface area (Å²) in [5.41, 5.74) is 7.32. The molecule has 0 aliphatic rings. The molecule has 2 rings (SSSR count). The van der Waals surface area contributed by atoms with E-state index in [-0.39, 0.29) is 5.91 Å². The van der Waals surface area contributed by atoms with Gasteiger partial charge in [-0.05, 0) is 25.5 Å². The van der Waals surface area contributed by atoms with E-state index in [0.29, 0.717) is 12.1 Å². The Kier molecular flexibility index (Phi) is 4.47. The van der Waals surface area contributed by atoms with E-state index in [2.05, 4.69) is 15.5 Å². The summed E-state index contributed by atoms with van der Waals surface area (Å²) < 4.78 is 1.94. The normalized spacial score (nSPS) is 12.2. The highest BCUT2D eigenvalue weighted by molar-refractivity contribution is 5.95. The highest BCUT2D eigenvalue weighted by Crippen LogP contribution is 2.20. The second kappa shape index (κ2) is 6.29. The summed E-state index contributed by atoms with van der Waals surface area (Å²) >= 11 is 0. The molecule has 0 unspecified atom stereocenters. The van der Waals surface area contributed by atoms with Crippen molar-refractivity contribution in [3.05, 3.63) is 30.6 Å². The number of benzene rings is 1. The minimum absolute atomic E-state index is 0.179. The van der Waals surface area contributed by atoms with Crippen LogP contribution in [0.1, 0.15) is 20.3 Å². The first-order valence-corrected chi connectivity index (χ1v) is 6.70. The van der Waals surface area contributed by atoms with Gasteiger partial charge in [0, 0.05) is 17.8 Å². The number of hydrogen-bond donors (Lipinski definition) is 2. The van der Waals surface area contributed by atoms with Crippen LogP contribution in [0.2, 0.25) is 0 Å². The van der Waals surface area contributed by atoms with E-state index >= 15 is 0 Å².